The van der Waals surface area contributed by atoms with Crippen molar-refractivity contribution in [3.8, 4) is 11.1 Å². The van der Waals surface area contributed by atoms with Crippen LogP contribution in [0.3, 0.4) is 0 Å². The number of anilines is 2. The molecule has 0 bridgehead atoms. The van der Waals surface area contributed by atoms with E-state index in [1.165, 1.54) is 5.56 Å². The molecule has 2 aromatic heterocycles. The van der Waals surface area contributed by atoms with Crippen LogP contribution in [-0.2, 0) is 11.3 Å². The van der Waals surface area contributed by atoms with Gasteiger partial charge in [-0.1, -0.05) is 29.8 Å². The van der Waals surface area contributed by atoms with Crippen molar-refractivity contribution in [3.05, 3.63) is 75.1 Å². The van der Waals surface area contributed by atoms with Crippen LogP contribution in [0, 0.1) is 13.8 Å². The largest absolute Gasteiger partial charge is 0.378 e. The fourth-order valence-corrected chi connectivity index (χ4v) is 5.25. The van der Waals surface area contributed by atoms with E-state index in [9.17, 15) is 9.59 Å². The lowest BCUT2D eigenvalue weighted by molar-refractivity contribution is -0.117. The van der Waals surface area contributed by atoms with Gasteiger partial charge in [0.1, 0.15) is 10.7 Å². The number of aryl methyl sites for hydroxylation is 2. The molecule has 7 heteroatoms. The molecule has 0 aliphatic carbocycles. The molecule has 0 radical (unpaired) electrons. The van der Waals surface area contributed by atoms with Gasteiger partial charge in [-0.05, 0) is 50.1 Å². The first-order valence-electron chi connectivity index (χ1n) is 10.7. The Balaban J connectivity index is 1.37. The summed E-state index contributed by atoms with van der Waals surface area (Å²) in [7, 11) is 0. The number of nitrogens with zero attached hydrogens (tertiary/aromatic N) is 2. The lowest BCUT2D eigenvalue weighted by Crippen LogP contribution is -2.23. The molecule has 0 atom stereocenters. The number of aromatic amines is 1. The number of carbonyl (C=O) groups is 1. The third-order valence-electron chi connectivity index (χ3n) is 5.84. The van der Waals surface area contributed by atoms with E-state index in [0.717, 1.165) is 45.2 Å². The van der Waals surface area contributed by atoms with Crippen molar-refractivity contribution in [3.63, 3.8) is 0 Å². The number of thiophene rings is 1. The Morgan fingerprint density at radius 2 is 1.81 bits per heavy atom. The number of hydrogen-bond acceptors (Lipinski definition) is 5. The van der Waals surface area contributed by atoms with Gasteiger partial charge in [0.25, 0.3) is 5.56 Å². The zero-order chi connectivity index (χ0) is 22.2. The van der Waals surface area contributed by atoms with Gasteiger partial charge in [0.05, 0.1) is 11.9 Å². The smallest absolute Gasteiger partial charge is 0.260 e. The third kappa shape index (κ3) is 3.80. The van der Waals surface area contributed by atoms with E-state index in [0.29, 0.717) is 24.2 Å². The monoisotopic (exact) mass is 444 g/mol. The second-order valence-electron chi connectivity index (χ2n) is 8.14. The molecule has 1 saturated heterocycles. The fourth-order valence-electron chi connectivity index (χ4n) is 4.18. The Morgan fingerprint density at radius 3 is 2.50 bits per heavy atom. The van der Waals surface area contributed by atoms with Crippen molar-refractivity contribution in [1.29, 1.82) is 0 Å². The fraction of sp³-hybridized carbons (Fsp3) is 0.240. The minimum Gasteiger partial charge on any atom is -0.378 e. The van der Waals surface area contributed by atoms with Gasteiger partial charge in [-0.15, -0.1) is 11.3 Å². The average Bonchev–Trinajstić information content (AvgIpc) is 3.36. The molecule has 1 aliphatic rings. The number of amides is 1. The van der Waals surface area contributed by atoms with E-state index in [1.54, 1.807) is 11.3 Å². The summed E-state index contributed by atoms with van der Waals surface area (Å²) in [6.07, 6.45) is 1.53. The molecule has 5 rings (SSSR count). The Hall–Kier alpha value is -3.45. The SMILES string of the molecule is Cc1ccc(-c2c(C)sc3nc(CNc4ccc(N5CCCC5=O)cc4)[nH]c(=O)c23)cc1. The predicted molar refractivity (Wildman–Crippen MR) is 131 cm³/mol. The molecule has 32 heavy (non-hydrogen) atoms. The second-order valence-corrected chi connectivity index (χ2v) is 9.34. The highest BCUT2D eigenvalue weighted by Crippen LogP contribution is 2.35. The van der Waals surface area contributed by atoms with E-state index in [4.69, 9.17) is 4.98 Å². The first kappa shape index (κ1) is 20.5. The van der Waals surface area contributed by atoms with Crippen molar-refractivity contribution in [2.45, 2.75) is 33.2 Å². The zero-order valence-corrected chi connectivity index (χ0v) is 18.9. The van der Waals surface area contributed by atoms with E-state index in [-0.39, 0.29) is 11.5 Å². The second kappa shape index (κ2) is 8.24. The lowest BCUT2D eigenvalue weighted by atomic mass is 10.0. The van der Waals surface area contributed by atoms with Gasteiger partial charge in [0.15, 0.2) is 0 Å². The van der Waals surface area contributed by atoms with Crippen LogP contribution in [0.25, 0.3) is 21.3 Å². The molecular weight excluding hydrogens is 420 g/mol. The quantitative estimate of drug-likeness (QED) is 0.454. The first-order valence-corrected chi connectivity index (χ1v) is 11.5. The molecule has 1 aliphatic heterocycles. The Labute approximate surface area is 189 Å². The highest BCUT2D eigenvalue weighted by atomic mass is 32.1. The number of benzene rings is 2. The maximum absolute atomic E-state index is 13.0. The first-order chi connectivity index (χ1) is 15.5. The third-order valence-corrected chi connectivity index (χ3v) is 6.84. The van der Waals surface area contributed by atoms with Crippen molar-refractivity contribution < 1.29 is 4.79 Å². The number of H-pyrrole nitrogens is 1. The van der Waals surface area contributed by atoms with Crippen LogP contribution in [0.15, 0.2) is 53.3 Å². The van der Waals surface area contributed by atoms with E-state index >= 15 is 0 Å². The summed E-state index contributed by atoms with van der Waals surface area (Å²) < 4.78 is 0. The van der Waals surface area contributed by atoms with Crippen LogP contribution in [0.2, 0.25) is 0 Å². The van der Waals surface area contributed by atoms with Gasteiger partial charge in [0.2, 0.25) is 5.91 Å². The van der Waals surface area contributed by atoms with Gasteiger partial charge in [0, 0.05) is 34.8 Å². The molecule has 2 aromatic carbocycles. The summed E-state index contributed by atoms with van der Waals surface area (Å²) in [6, 6.07) is 16.0. The minimum absolute atomic E-state index is 0.116. The molecule has 1 amide bonds. The zero-order valence-electron chi connectivity index (χ0n) is 18.1. The Kier molecular flexibility index (Phi) is 5.27. The molecule has 0 spiro atoms. The van der Waals surface area contributed by atoms with Crippen molar-refractivity contribution in [1.82, 2.24) is 9.97 Å². The van der Waals surface area contributed by atoms with Gasteiger partial charge in [-0.3, -0.25) is 9.59 Å². The van der Waals surface area contributed by atoms with E-state index in [2.05, 4.69) is 41.5 Å². The number of nitrogens with one attached hydrogen (secondary N) is 2. The maximum atomic E-state index is 13.0. The van der Waals surface area contributed by atoms with E-state index < -0.39 is 0 Å². The van der Waals surface area contributed by atoms with Crippen molar-refractivity contribution in [2.75, 3.05) is 16.8 Å². The van der Waals surface area contributed by atoms with Gasteiger partial charge in [-0.2, -0.15) is 0 Å². The van der Waals surface area contributed by atoms with Gasteiger partial charge < -0.3 is 15.2 Å². The molecule has 0 saturated carbocycles. The maximum Gasteiger partial charge on any atom is 0.260 e. The van der Waals surface area contributed by atoms with Crippen LogP contribution >= 0.6 is 11.3 Å². The highest BCUT2D eigenvalue weighted by Gasteiger charge is 2.21. The topological polar surface area (TPSA) is 78.1 Å². The molecule has 1 fully saturated rings. The van der Waals surface area contributed by atoms with Crippen molar-refractivity contribution >= 4 is 38.8 Å². The number of aromatic nitrogens is 2. The molecule has 6 nitrogen and oxygen atoms in total. The number of hydrogen-bond donors (Lipinski definition) is 2. The average molecular weight is 445 g/mol. The summed E-state index contributed by atoms with van der Waals surface area (Å²) in [6.45, 7) is 5.27. The summed E-state index contributed by atoms with van der Waals surface area (Å²) in [5, 5.41) is 3.96. The molecule has 3 heterocycles. The standard InChI is InChI=1S/C25H24N4O2S/c1-15-5-7-17(8-6-15)22-16(2)32-25-23(22)24(31)27-20(28-25)14-26-18-9-11-19(12-10-18)29-13-3-4-21(29)30/h5-12,26H,3-4,13-14H2,1-2H3,(H,27,28,31). The predicted octanol–water partition coefficient (Wildman–Crippen LogP) is 5.01. The molecule has 2 N–H and O–H groups in total. The van der Waals surface area contributed by atoms with Crippen LogP contribution < -0.4 is 15.8 Å². The highest BCUT2D eigenvalue weighted by molar-refractivity contribution is 7.19. The molecular formula is C25H24N4O2S. The normalized spacial score (nSPS) is 13.8. The summed E-state index contributed by atoms with van der Waals surface area (Å²) in [5.41, 5.74) is 4.90. The minimum atomic E-state index is -0.116. The molecule has 162 valence electrons. The Morgan fingerprint density at radius 1 is 1.06 bits per heavy atom. The van der Waals surface area contributed by atoms with Crippen LogP contribution in [0.5, 0.6) is 0 Å². The van der Waals surface area contributed by atoms with Crippen LogP contribution in [0.4, 0.5) is 11.4 Å². The summed E-state index contributed by atoms with van der Waals surface area (Å²) in [4.78, 5) is 36.2. The van der Waals surface area contributed by atoms with Crippen LogP contribution in [-0.4, -0.2) is 22.4 Å². The van der Waals surface area contributed by atoms with Crippen LogP contribution in [0.1, 0.15) is 29.1 Å². The summed E-state index contributed by atoms with van der Waals surface area (Å²) in [5.74, 6) is 0.773. The van der Waals surface area contributed by atoms with Crippen molar-refractivity contribution in [2.24, 2.45) is 0 Å². The van der Waals surface area contributed by atoms with Gasteiger partial charge in [-0.25, -0.2) is 4.98 Å². The summed E-state index contributed by atoms with van der Waals surface area (Å²) >= 11 is 1.55. The molecule has 0 unspecified atom stereocenters. The number of rotatable bonds is 5. The molecule has 4 aromatic rings. The number of carbonyl (C=O) groups excluding carboxylic acids is 1. The lowest BCUT2D eigenvalue weighted by Gasteiger charge is -2.16. The van der Waals surface area contributed by atoms with Gasteiger partial charge >= 0.3 is 0 Å². The Bertz CT molecular complexity index is 1350. The number of fused-ring (bicyclic) bond motifs is 1. The van der Waals surface area contributed by atoms with E-state index in [1.807, 2.05) is 36.1 Å².